The smallest absolute Gasteiger partial charge is 0.323 e. The Morgan fingerprint density at radius 2 is 1.95 bits per heavy atom. The van der Waals surface area contributed by atoms with Gasteiger partial charge in [0.05, 0.1) is 6.61 Å². The predicted molar refractivity (Wildman–Crippen MR) is 72.4 cm³/mol. The van der Waals surface area contributed by atoms with Crippen LogP contribution in [0, 0.1) is 0 Å². The lowest BCUT2D eigenvalue weighted by Crippen LogP contribution is -2.45. The molecule has 0 aliphatic heterocycles. The number of carboxylic acid groups (broad SMARTS) is 1. The van der Waals surface area contributed by atoms with Gasteiger partial charge in [-0.1, -0.05) is 0 Å². The first kappa shape index (κ1) is 18.2. The Bertz CT molecular complexity index is 333. The van der Waals surface area contributed by atoms with Crippen LogP contribution in [-0.4, -0.2) is 67.3 Å². The number of carbonyl (C=O) groups excluding carboxylic acids is 2. The maximum atomic E-state index is 11.8. The molecule has 0 saturated carbocycles. The van der Waals surface area contributed by atoms with Gasteiger partial charge in [0, 0.05) is 32.7 Å². The highest BCUT2D eigenvalue weighted by Crippen LogP contribution is 1.91. The van der Waals surface area contributed by atoms with Crippen LogP contribution < -0.4 is 10.6 Å². The zero-order valence-electron chi connectivity index (χ0n) is 12.1. The number of nitrogens with one attached hydrogen (secondary N) is 2. The maximum absolute atomic E-state index is 11.8. The van der Waals surface area contributed by atoms with E-state index in [4.69, 9.17) is 9.84 Å². The van der Waals surface area contributed by atoms with E-state index in [1.165, 1.54) is 7.11 Å². The van der Waals surface area contributed by atoms with Crippen molar-refractivity contribution in [2.45, 2.75) is 26.3 Å². The molecule has 0 rings (SSSR count). The van der Waals surface area contributed by atoms with Crippen LogP contribution in [0.5, 0.6) is 0 Å². The van der Waals surface area contributed by atoms with Crippen LogP contribution in [0.1, 0.15) is 20.3 Å². The van der Waals surface area contributed by atoms with E-state index in [0.29, 0.717) is 0 Å². The highest BCUT2D eigenvalue weighted by atomic mass is 16.5. The number of nitrogens with zero attached hydrogens (tertiary/aromatic N) is 1. The summed E-state index contributed by atoms with van der Waals surface area (Å²) in [4.78, 5) is 34.9. The number of methoxy groups -OCH3 is 1. The maximum Gasteiger partial charge on any atom is 0.323 e. The second-order valence-corrected chi connectivity index (χ2v) is 4.51. The van der Waals surface area contributed by atoms with Crippen LogP contribution in [0.15, 0.2) is 0 Å². The average Bonchev–Trinajstić information content (AvgIpc) is 2.32. The van der Waals surface area contributed by atoms with Gasteiger partial charge in [-0.05, 0) is 13.8 Å². The number of amides is 3. The summed E-state index contributed by atoms with van der Waals surface area (Å²) >= 11 is 0. The summed E-state index contributed by atoms with van der Waals surface area (Å²) in [5.74, 6) is -1.27. The van der Waals surface area contributed by atoms with Gasteiger partial charge in [0.15, 0.2) is 0 Å². The Hall–Kier alpha value is -1.83. The van der Waals surface area contributed by atoms with Crippen molar-refractivity contribution < 1.29 is 24.2 Å². The summed E-state index contributed by atoms with van der Waals surface area (Å²) in [7, 11) is 1.47. The Kier molecular flexibility index (Phi) is 9.10. The summed E-state index contributed by atoms with van der Waals surface area (Å²) in [6.07, 6.45) is 0.148. The van der Waals surface area contributed by atoms with E-state index in [0.717, 1.165) is 4.90 Å². The normalized spacial score (nSPS) is 10.2. The van der Waals surface area contributed by atoms with Crippen molar-refractivity contribution in [1.29, 1.82) is 0 Å². The number of carboxylic acids is 1. The molecule has 8 nitrogen and oxygen atoms in total. The molecule has 0 fully saturated rings. The third-order valence-corrected chi connectivity index (χ3v) is 2.26. The van der Waals surface area contributed by atoms with Crippen molar-refractivity contribution in [3.8, 4) is 0 Å². The fraction of sp³-hybridized carbons (Fsp3) is 0.750. The largest absolute Gasteiger partial charge is 0.480 e. The second-order valence-electron chi connectivity index (χ2n) is 4.51. The molecule has 3 amide bonds. The molecule has 0 heterocycles. The summed E-state index contributed by atoms with van der Waals surface area (Å²) in [5, 5.41) is 13.9. The van der Waals surface area contributed by atoms with Crippen molar-refractivity contribution in [3.63, 3.8) is 0 Å². The van der Waals surface area contributed by atoms with Gasteiger partial charge in [-0.3, -0.25) is 9.59 Å². The monoisotopic (exact) mass is 289 g/mol. The molecule has 0 spiro atoms. The van der Waals surface area contributed by atoms with Crippen molar-refractivity contribution in [2.75, 3.05) is 33.4 Å². The van der Waals surface area contributed by atoms with Gasteiger partial charge in [-0.15, -0.1) is 0 Å². The van der Waals surface area contributed by atoms with Crippen LogP contribution in [0.2, 0.25) is 0 Å². The molecule has 0 aromatic rings. The molecule has 3 N–H and O–H groups in total. The van der Waals surface area contributed by atoms with Gasteiger partial charge < -0.3 is 25.4 Å². The number of hydrogen-bond acceptors (Lipinski definition) is 4. The third-order valence-electron chi connectivity index (χ3n) is 2.26. The lowest BCUT2D eigenvalue weighted by Gasteiger charge is -2.20. The van der Waals surface area contributed by atoms with E-state index in [1.807, 2.05) is 13.8 Å². The number of hydrogen-bond donors (Lipinski definition) is 3. The van der Waals surface area contributed by atoms with Crippen molar-refractivity contribution in [2.24, 2.45) is 0 Å². The van der Waals surface area contributed by atoms with Gasteiger partial charge in [0.1, 0.15) is 6.54 Å². The van der Waals surface area contributed by atoms with E-state index in [1.54, 1.807) is 0 Å². The molecule has 0 bridgehead atoms. The van der Waals surface area contributed by atoms with Gasteiger partial charge in [-0.2, -0.15) is 0 Å². The molecule has 0 aromatic heterocycles. The molecular formula is C12H23N3O5. The Labute approximate surface area is 118 Å². The zero-order chi connectivity index (χ0) is 15.5. The van der Waals surface area contributed by atoms with Gasteiger partial charge in [0.25, 0.3) is 0 Å². The standard InChI is InChI=1S/C12H23N3O5/c1-9(2)14-10(16)4-5-13-12(19)15(6-7-20-3)8-11(17)18/h9H,4-8H2,1-3H3,(H,13,19)(H,14,16)(H,17,18). The van der Waals surface area contributed by atoms with Gasteiger partial charge in [-0.25, -0.2) is 4.79 Å². The fourth-order valence-corrected chi connectivity index (χ4v) is 1.41. The van der Waals surface area contributed by atoms with Crippen LogP contribution >= 0.6 is 0 Å². The first-order valence-corrected chi connectivity index (χ1v) is 6.39. The van der Waals surface area contributed by atoms with E-state index >= 15 is 0 Å². The van der Waals surface area contributed by atoms with E-state index in [9.17, 15) is 14.4 Å². The topological polar surface area (TPSA) is 108 Å². The lowest BCUT2D eigenvalue weighted by molar-refractivity contribution is -0.137. The van der Waals surface area contributed by atoms with E-state index in [-0.39, 0.29) is 38.1 Å². The Morgan fingerprint density at radius 1 is 1.30 bits per heavy atom. The third kappa shape index (κ3) is 9.15. The number of aliphatic carboxylic acids is 1. The van der Waals surface area contributed by atoms with Crippen LogP contribution in [0.4, 0.5) is 4.79 Å². The minimum atomic E-state index is -1.10. The molecule has 0 aliphatic rings. The molecule has 116 valence electrons. The molecule has 0 unspecified atom stereocenters. The van der Waals surface area contributed by atoms with Crippen LogP contribution in [0.3, 0.4) is 0 Å². The van der Waals surface area contributed by atoms with E-state index in [2.05, 4.69) is 10.6 Å². The first-order chi connectivity index (χ1) is 9.36. The summed E-state index contributed by atoms with van der Waals surface area (Å²) < 4.78 is 4.81. The summed E-state index contributed by atoms with van der Waals surface area (Å²) in [6, 6.07) is -0.481. The number of ether oxygens (including phenoxy) is 1. The molecule has 0 aliphatic carbocycles. The molecule has 8 heteroatoms. The number of urea groups is 1. The van der Waals surface area contributed by atoms with E-state index < -0.39 is 18.5 Å². The molecule has 0 aromatic carbocycles. The summed E-state index contributed by atoms with van der Waals surface area (Å²) in [6.45, 7) is 3.85. The van der Waals surface area contributed by atoms with Gasteiger partial charge in [0.2, 0.25) is 5.91 Å². The van der Waals surface area contributed by atoms with Crippen LogP contribution in [0.25, 0.3) is 0 Å². The van der Waals surface area contributed by atoms with Crippen molar-refractivity contribution >= 4 is 17.9 Å². The molecular weight excluding hydrogens is 266 g/mol. The highest BCUT2D eigenvalue weighted by Gasteiger charge is 2.16. The SMILES string of the molecule is COCCN(CC(=O)O)C(=O)NCCC(=O)NC(C)C. The summed E-state index contributed by atoms with van der Waals surface area (Å²) in [5.41, 5.74) is 0. The fourth-order valence-electron chi connectivity index (χ4n) is 1.41. The molecule has 0 saturated heterocycles. The van der Waals surface area contributed by atoms with Crippen molar-refractivity contribution in [1.82, 2.24) is 15.5 Å². The minimum Gasteiger partial charge on any atom is -0.480 e. The first-order valence-electron chi connectivity index (χ1n) is 6.39. The quantitative estimate of drug-likeness (QED) is 0.537. The predicted octanol–water partition coefficient (Wildman–Crippen LogP) is -0.356. The van der Waals surface area contributed by atoms with Crippen LogP contribution in [-0.2, 0) is 14.3 Å². The Morgan fingerprint density at radius 3 is 2.45 bits per heavy atom. The lowest BCUT2D eigenvalue weighted by atomic mass is 10.3. The zero-order valence-corrected chi connectivity index (χ0v) is 12.1. The average molecular weight is 289 g/mol. The Balaban J connectivity index is 4.11. The second kappa shape index (κ2) is 10.0. The molecule has 0 atom stereocenters. The molecule has 0 radical (unpaired) electrons. The molecule has 20 heavy (non-hydrogen) atoms. The van der Waals surface area contributed by atoms with Gasteiger partial charge >= 0.3 is 12.0 Å². The van der Waals surface area contributed by atoms with Crippen molar-refractivity contribution in [3.05, 3.63) is 0 Å². The number of carbonyl (C=O) groups is 3. The number of rotatable bonds is 9. The highest BCUT2D eigenvalue weighted by molar-refractivity contribution is 5.81. The minimum absolute atomic E-state index is 0.0448.